The highest BCUT2D eigenvalue weighted by atomic mass is 35.5. The lowest BCUT2D eigenvalue weighted by atomic mass is 9.74. The highest BCUT2D eigenvalue weighted by Crippen LogP contribution is 2.40. The average molecular weight is 268 g/mol. The van der Waals surface area contributed by atoms with Gasteiger partial charge in [-0.3, -0.25) is 0 Å². The Morgan fingerprint density at radius 2 is 1.22 bits per heavy atom. The summed E-state index contributed by atoms with van der Waals surface area (Å²) in [4.78, 5) is 0. The van der Waals surface area contributed by atoms with Crippen LogP contribution in [0, 0.1) is 40.5 Å². The molecule has 0 amide bonds. The molecule has 1 nitrogen and oxygen atoms in total. The first-order chi connectivity index (χ1) is 7.95. The predicted octanol–water partition coefficient (Wildman–Crippen LogP) is 4.45. The van der Waals surface area contributed by atoms with Crippen molar-refractivity contribution in [3.05, 3.63) is 33.4 Å². The molecule has 1 aromatic rings. The van der Waals surface area contributed by atoms with Gasteiger partial charge >= 0.3 is 0 Å². The second kappa shape index (κ2) is 5.63. The fraction of sp³-hybridized carbons (Fsp3) is 0.625. The molecule has 0 radical (unpaired) electrons. The Balaban J connectivity index is 0.00000162. The summed E-state index contributed by atoms with van der Waals surface area (Å²) in [6, 6.07) is 0.252. The Kier molecular flexibility index (Phi) is 4.85. The third-order valence-corrected chi connectivity index (χ3v) is 5.05. The van der Waals surface area contributed by atoms with E-state index in [1.807, 2.05) is 0 Å². The van der Waals surface area contributed by atoms with Crippen molar-refractivity contribution in [2.45, 2.75) is 59.9 Å². The molecule has 1 atom stereocenters. The Morgan fingerprint density at radius 3 is 1.56 bits per heavy atom. The van der Waals surface area contributed by atoms with E-state index in [-0.39, 0.29) is 18.4 Å². The zero-order chi connectivity index (χ0) is 12.7. The maximum Gasteiger partial charge on any atom is 0.0328 e. The molecule has 2 N–H and O–H groups in total. The number of hydrogen-bond acceptors (Lipinski definition) is 1. The van der Waals surface area contributed by atoms with E-state index >= 15 is 0 Å². The molecule has 1 aliphatic carbocycles. The van der Waals surface area contributed by atoms with Crippen molar-refractivity contribution in [3.8, 4) is 0 Å². The monoisotopic (exact) mass is 267 g/mol. The molecular weight excluding hydrogens is 242 g/mol. The fourth-order valence-electron chi connectivity index (χ4n) is 3.06. The summed E-state index contributed by atoms with van der Waals surface area (Å²) in [7, 11) is 0. The van der Waals surface area contributed by atoms with Crippen molar-refractivity contribution < 1.29 is 0 Å². The number of hydrogen-bond donors (Lipinski definition) is 1. The minimum absolute atomic E-state index is 0. The number of rotatable bonds is 2. The van der Waals surface area contributed by atoms with Crippen molar-refractivity contribution in [1.29, 1.82) is 0 Å². The summed E-state index contributed by atoms with van der Waals surface area (Å²) in [5, 5.41) is 0. The van der Waals surface area contributed by atoms with Crippen molar-refractivity contribution in [2.75, 3.05) is 0 Å². The lowest BCUT2D eigenvalue weighted by Gasteiger charge is -2.34. The van der Waals surface area contributed by atoms with Crippen molar-refractivity contribution >= 4 is 12.4 Å². The molecule has 0 heterocycles. The highest BCUT2D eigenvalue weighted by Gasteiger charge is 2.28. The lowest BCUT2D eigenvalue weighted by Crippen LogP contribution is -2.28. The molecular formula is C16H26ClN. The molecule has 1 fully saturated rings. The molecule has 0 aromatic heterocycles. The summed E-state index contributed by atoms with van der Waals surface area (Å²) < 4.78 is 0. The minimum Gasteiger partial charge on any atom is -0.324 e. The lowest BCUT2D eigenvalue weighted by molar-refractivity contribution is 0.263. The van der Waals surface area contributed by atoms with E-state index in [4.69, 9.17) is 5.73 Å². The third-order valence-electron chi connectivity index (χ3n) is 5.05. The van der Waals surface area contributed by atoms with Crippen LogP contribution < -0.4 is 5.73 Å². The van der Waals surface area contributed by atoms with E-state index in [1.165, 1.54) is 52.6 Å². The number of halogens is 1. The zero-order valence-electron chi connectivity index (χ0n) is 12.3. The standard InChI is InChI=1S/C16H25N.ClH/c1-9-10(2)12(4)15(13(5)11(9)3)16(17)14-7-6-8-14;/h14,16H,6-8,17H2,1-5H3;1H/t16-;/m0./s1. The molecule has 1 saturated carbocycles. The van der Waals surface area contributed by atoms with Gasteiger partial charge in [0.2, 0.25) is 0 Å². The number of nitrogens with two attached hydrogens (primary N) is 1. The van der Waals surface area contributed by atoms with Crippen LogP contribution in [0.3, 0.4) is 0 Å². The molecule has 0 bridgehead atoms. The summed E-state index contributed by atoms with van der Waals surface area (Å²) in [6.45, 7) is 11.2. The van der Waals surface area contributed by atoms with Crippen molar-refractivity contribution in [2.24, 2.45) is 11.7 Å². The largest absolute Gasteiger partial charge is 0.324 e. The van der Waals surface area contributed by atoms with Gasteiger partial charge in [0.15, 0.2) is 0 Å². The van der Waals surface area contributed by atoms with Gasteiger partial charge in [-0.05, 0) is 86.8 Å². The van der Waals surface area contributed by atoms with Crippen LogP contribution in [0.4, 0.5) is 0 Å². The molecule has 0 aliphatic heterocycles. The Morgan fingerprint density at radius 1 is 0.833 bits per heavy atom. The quantitative estimate of drug-likeness (QED) is 0.842. The maximum atomic E-state index is 6.49. The van der Waals surface area contributed by atoms with Gasteiger partial charge in [0, 0.05) is 6.04 Å². The molecule has 1 aromatic carbocycles. The summed E-state index contributed by atoms with van der Waals surface area (Å²) in [6.07, 6.45) is 3.98. The summed E-state index contributed by atoms with van der Waals surface area (Å²) in [5.41, 5.74) is 15.1. The number of benzene rings is 1. The van der Waals surface area contributed by atoms with E-state index in [0.717, 1.165) is 0 Å². The normalized spacial score (nSPS) is 17.0. The average Bonchev–Trinajstić information content (AvgIpc) is 2.21. The zero-order valence-corrected chi connectivity index (χ0v) is 13.1. The van der Waals surface area contributed by atoms with Crippen LogP contribution >= 0.6 is 12.4 Å². The first-order valence-electron chi connectivity index (χ1n) is 6.77. The van der Waals surface area contributed by atoms with Crippen molar-refractivity contribution in [3.63, 3.8) is 0 Å². The molecule has 2 heteroatoms. The van der Waals surface area contributed by atoms with Crippen LogP contribution in [0.5, 0.6) is 0 Å². The van der Waals surface area contributed by atoms with E-state index in [9.17, 15) is 0 Å². The molecule has 0 spiro atoms. The van der Waals surface area contributed by atoms with Gasteiger partial charge in [-0.25, -0.2) is 0 Å². The van der Waals surface area contributed by atoms with Crippen LogP contribution in [0.25, 0.3) is 0 Å². The van der Waals surface area contributed by atoms with Crippen LogP contribution in [0.1, 0.15) is 58.7 Å². The molecule has 2 rings (SSSR count). The topological polar surface area (TPSA) is 26.0 Å². The first-order valence-corrected chi connectivity index (χ1v) is 6.77. The van der Waals surface area contributed by atoms with Gasteiger partial charge in [-0.1, -0.05) is 6.42 Å². The third kappa shape index (κ3) is 2.31. The highest BCUT2D eigenvalue weighted by molar-refractivity contribution is 5.85. The van der Waals surface area contributed by atoms with E-state index in [0.29, 0.717) is 5.92 Å². The molecule has 18 heavy (non-hydrogen) atoms. The van der Waals surface area contributed by atoms with Gasteiger partial charge < -0.3 is 5.73 Å². The van der Waals surface area contributed by atoms with Gasteiger partial charge in [0.05, 0.1) is 0 Å². The van der Waals surface area contributed by atoms with Crippen LogP contribution in [-0.2, 0) is 0 Å². The second-order valence-electron chi connectivity index (χ2n) is 5.76. The molecule has 0 saturated heterocycles. The second-order valence-corrected chi connectivity index (χ2v) is 5.76. The van der Waals surface area contributed by atoms with Gasteiger partial charge in [-0.15, -0.1) is 12.4 Å². The molecule has 1 aliphatic rings. The predicted molar refractivity (Wildman–Crippen MR) is 81.6 cm³/mol. The summed E-state index contributed by atoms with van der Waals surface area (Å²) >= 11 is 0. The van der Waals surface area contributed by atoms with E-state index in [2.05, 4.69) is 34.6 Å². The smallest absolute Gasteiger partial charge is 0.0328 e. The SMILES string of the molecule is Cc1c(C)c(C)c([C@@H](N)C2CCC2)c(C)c1C.Cl. The van der Waals surface area contributed by atoms with Gasteiger partial charge in [0.1, 0.15) is 0 Å². The Hall–Kier alpha value is -0.530. The summed E-state index contributed by atoms with van der Waals surface area (Å²) in [5.74, 6) is 0.717. The van der Waals surface area contributed by atoms with Crippen LogP contribution in [0.2, 0.25) is 0 Å². The van der Waals surface area contributed by atoms with Crippen molar-refractivity contribution in [1.82, 2.24) is 0 Å². The Bertz CT molecular complexity index is 418. The van der Waals surface area contributed by atoms with Crippen LogP contribution in [0.15, 0.2) is 0 Å². The fourth-order valence-corrected chi connectivity index (χ4v) is 3.06. The minimum atomic E-state index is 0. The van der Waals surface area contributed by atoms with E-state index < -0.39 is 0 Å². The van der Waals surface area contributed by atoms with Gasteiger partial charge in [-0.2, -0.15) is 0 Å². The first kappa shape index (κ1) is 15.5. The van der Waals surface area contributed by atoms with E-state index in [1.54, 1.807) is 0 Å². The van der Waals surface area contributed by atoms with Crippen LogP contribution in [-0.4, -0.2) is 0 Å². The molecule has 0 unspecified atom stereocenters. The van der Waals surface area contributed by atoms with Gasteiger partial charge in [0.25, 0.3) is 0 Å². The molecule has 102 valence electrons. The maximum absolute atomic E-state index is 6.49. The Labute approximate surface area is 118 Å².